The van der Waals surface area contributed by atoms with Crippen molar-refractivity contribution in [3.8, 4) is 11.1 Å². The van der Waals surface area contributed by atoms with Crippen LogP contribution in [0.3, 0.4) is 0 Å². The predicted octanol–water partition coefficient (Wildman–Crippen LogP) is 8.74. The van der Waals surface area contributed by atoms with Crippen LogP contribution in [0.1, 0.15) is 69.4 Å². The van der Waals surface area contributed by atoms with Gasteiger partial charge in [-0.25, -0.2) is 9.18 Å². The first-order chi connectivity index (χ1) is 16.1. The molecule has 2 nitrogen and oxygen atoms in total. The first-order valence-corrected chi connectivity index (χ1v) is 12.3. The van der Waals surface area contributed by atoms with Gasteiger partial charge in [0.2, 0.25) is 0 Å². The maximum atomic E-state index is 15.2. The molecule has 33 heavy (non-hydrogen) atoms. The number of halogens is 1. The van der Waals surface area contributed by atoms with Gasteiger partial charge in [-0.05, 0) is 42.5 Å². The van der Waals surface area contributed by atoms with Crippen LogP contribution in [-0.4, -0.2) is 0 Å². The summed E-state index contributed by atoms with van der Waals surface area (Å²) in [5.41, 5.74) is 3.38. The molecule has 0 aliphatic carbocycles. The Morgan fingerprint density at radius 3 is 2.09 bits per heavy atom. The smallest absolute Gasteiger partial charge is 0.344 e. The van der Waals surface area contributed by atoms with Crippen molar-refractivity contribution in [2.75, 3.05) is 0 Å². The lowest BCUT2D eigenvalue weighted by Crippen LogP contribution is -2.03. The zero-order chi connectivity index (χ0) is 23.2. The number of hydrogen-bond donors (Lipinski definition) is 0. The summed E-state index contributed by atoms with van der Waals surface area (Å²) in [5, 5.41) is 1.86. The van der Waals surface area contributed by atoms with Crippen molar-refractivity contribution >= 4 is 21.7 Å². The number of unbranched alkanes of at least 4 members (excludes halogenated alkanes) is 7. The average molecular weight is 445 g/mol. The molecule has 1 aromatic heterocycles. The lowest BCUT2D eigenvalue weighted by Gasteiger charge is -2.09. The summed E-state index contributed by atoms with van der Waals surface area (Å²) in [4.78, 5) is 12.8. The fraction of sp³-hybridized carbons (Fsp3) is 0.367. The fourth-order valence-corrected chi connectivity index (χ4v) is 4.57. The van der Waals surface area contributed by atoms with Crippen molar-refractivity contribution in [2.24, 2.45) is 0 Å². The zero-order valence-electron chi connectivity index (χ0n) is 19.8. The highest BCUT2D eigenvalue weighted by atomic mass is 19.1. The van der Waals surface area contributed by atoms with Gasteiger partial charge in [0.15, 0.2) is 11.4 Å². The maximum Gasteiger partial charge on any atom is 0.344 e. The minimum Gasteiger partial charge on any atom is -0.419 e. The maximum absolute atomic E-state index is 15.2. The molecule has 0 saturated heterocycles. The molecule has 172 valence electrons. The first-order valence-electron chi connectivity index (χ1n) is 12.3. The van der Waals surface area contributed by atoms with E-state index in [0.717, 1.165) is 29.4 Å². The number of hydrogen-bond acceptors (Lipinski definition) is 2. The molecule has 0 aliphatic heterocycles. The molecule has 4 rings (SSSR count). The van der Waals surface area contributed by atoms with Crippen molar-refractivity contribution in [1.29, 1.82) is 0 Å². The van der Waals surface area contributed by atoms with Crippen molar-refractivity contribution in [2.45, 2.75) is 71.6 Å². The normalized spacial score (nSPS) is 11.5. The SMILES string of the molecule is CCCCCCCCCCc1ccc2c(oc(=O)c3cc(-c4ccc(C)cc4)ccc32)c1F. The molecular formula is C30H33FO2. The molecule has 1 heterocycles. The molecule has 0 saturated carbocycles. The molecule has 0 spiro atoms. The summed E-state index contributed by atoms with van der Waals surface area (Å²) in [6, 6.07) is 17.7. The van der Waals surface area contributed by atoms with Crippen LogP contribution in [0, 0.1) is 12.7 Å². The van der Waals surface area contributed by atoms with Gasteiger partial charge in [0.25, 0.3) is 0 Å². The molecule has 3 heteroatoms. The van der Waals surface area contributed by atoms with Gasteiger partial charge in [0.05, 0.1) is 5.39 Å². The number of aryl methyl sites for hydroxylation is 2. The second kappa shape index (κ2) is 10.8. The van der Waals surface area contributed by atoms with E-state index in [9.17, 15) is 4.79 Å². The van der Waals surface area contributed by atoms with Crippen molar-refractivity contribution in [1.82, 2.24) is 0 Å². The minimum absolute atomic E-state index is 0.0765. The number of rotatable bonds is 10. The molecule has 0 amide bonds. The Bertz CT molecular complexity index is 1280. The topological polar surface area (TPSA) is 30.2 Å². The van der Waals surface area contributed by atoms with Gasteiger partial charge in [-0.15, -0.1) is 0 Å². The lowest BCUT2D eigenvalue weighted by molar-refractivity contribution is 0.520. The van der Waals surface area contributed by atoms with E-state index in [0.29, 0.717) is 22.8 Å². The third-order valence-corrected chi connectivity index (χ3v) is 6.59. The van der Waals surface area contributed by atoms with Crippen LogP contribution in [0.2, 0.25) is 0 Å². The third-order valence-electron chi connectivity index (χ3n) is 6.59. The Hall–Kier alpha value is -2.94. The molecule has 0 atom stereocenters. The third kappa shape index (κ3) is 5.35. The van der Waals surface area contributed by atoms with Gasteiger partial charge in [-0.1, -0.05) is 106 Å². The molecular weight excluding hydrogens is 411 g/mol. The summed E-state index contributed by atoms with van der Waals surface area (Å²) < 4.78 is 20.7. The monoisotopic (exact) mass is 444 g/mol. The highest BCUT2D eigenvalue weighted by Crippen LogP contribution is 2.30. The van der Waals surface area contributed by atoms with Gasteiger partial charge < -0.3 is 4.42 Å². The first kappa shape index (κ1) is 23.2. The summed E-state index contributed by atoms with van der Waals surface area (Å²) in [5.74, 6) is -0.392. The van der Waals surface area contributed by atoms with Gasteiger partial charge in [-0.3, -0.25) is 0 Å². The predicted molar refractivity (Wildman–Crippen MR) is 136 cm³/mol. The summed E-state index contributed by atoms with van der Waals surface area (Å²) in [7, 11) is 0. The van der Waals surface area contributed by atoms with Crippen LogP contribution in [0.15, 0.2) is 63.8 Å². The van der Waals surface area contributed by atoms with Gasteiger partial charge >= 0.3 is 5.63 Å². The average Bonchev–Trinajstić information content (AvgIpc) is 2.83. The minimum atomic E-state index is -0.491. The summed E-state index contributed by atoms with van der Waals surface area (Å²) in [6.07, 6.45) is 10.4. The van der Waals surface area contributed by atoms with E-state index in [1.807, 2.05) is 61.5 Å². The summed E-state index contributed by atoms with van der Waals surface area (Å²) >= 11 is 0. The largest absolute Gasteiger partial charge is 0.419 e. The van der Waals surface area contributed by atoms with Crippen LogP contribution < -0.4 is 5.63 Å². The molecule has 0 N–H and O–H groups in total. The van der Waals surface area contributed by atoms with E-state index in [1.54, 1.807) is 0 Å². The van der Waals surface area contributed by atoms with Crippen LogP contribution in [0.4, 0.5) is 4.39 Å². The highest BCUT2D eigenvalue weighted by Gasteiger charge is 2.15. The van der Waals surface area contributed by atoms with Crippen molar-refractivity contribution < 1.29 is 8.81 Å². The Balaban J connectivity index is 1.53. The van der Waals surface area contributed by atoms with E-state index < -0.39 is 11.4 Å². The van der Waals surface area contributed by atoms with Gasteiger partial charge in [0, 0.05) is 10.8 Å². The van der Waals surface area contributed by atoms with Crippen LogP contribution >= 0.6 is 0 Å². The molecule has 0 fully saturated rings. The Kier molecular flexibility index (Phi) is 7.59. The molecule has 0 bridgehead atoms. The van der Waals surface area contributed by atoms with Crippen molar-refractivity contribution in [3.63, 3.8) is 0 Å². The molecule has 4 aromatic rings. The van der Waals surface area contributed by atoms with E-state index in [2.05, 4.69) is 6.92 Å². The van der Waals surface area contributed by atoms with Crippen molar-refractivity contribution in [3.05, 3.63) is 82.0 Å². The number of benzene rings is 3. The van der Waals surface area contributed by atoms with Crippen LogP contribution in [-0.2, 0) is 6.42 Å². The molecule has 3 aromatic carbocycles. The fourth-order valence-electron chi connectivity index (χ4n) is 4.57. The number of fused-ring (bicyclic) bond motifs is 3. The Morgan fingerprint density at radius 1 is 0.727 bits per heavy atom. The van der Waals surface area contributed by atoms with Gasteiger partial charge in [0.1, 0.15) is 0 Å². The van der Waals surface area contributed by atoms with E-state index in [1.165, 1.54) is 44.1 Å². The van der Waals surface area contributed by atoms with Crippen LogP contribution in [0.5, 0.6) is 0 Å². The van der Waals surface area contributed by atoms with E-state index >= 15 is 4.39 Å². The second-order valence-electron chi connectivity index (χ2n) is 9.16. The van der Waals surface area contributed by atoms with E-state index in [-0.39, 0.29) is 5.58 Å². The summed E-state index contributed by atoms with van der Waals surface area (Å²) in [6.45, 7) is 4.27. The quantitative estimate of drug-likeness (QED) is 0.139. The molecule has 0 aliphatic rings. The highest BCUT2D eigenvalue weighted by molar-refractivity contribution is 6.05. The second-order valence-corrected chi connectivity index (χ2v) is 9.16. The Morgan fingerprint density at radius 2 is 1.36 bits per heavy atom. The molecule has 0 radical (unpaired) electrons. The lowest BCUT2D eigenvalue weighted by atomic mass is 9.98. The van der Waals surface area contributed by atoms with Gasteiger partial charge in [-0.2, -0.15) is 0 Å². The molecule has 0 unspecified atom stereocenters. The standard InChI is InChI=1S/C30H33FO2/c1-3-4-5-6-7-8-9-10-11-23-16-19-26-25-18-17-24(22-14-12-21(2)13-15-22)20-27(25)30(32)33-29(26)28(23)31/h12-20H,3-11H2,1-2H3. The zero-order valence-corrected chi connectivity index (χ0v) is 19.8. The van der Waals surface area contributed by atoms with Crippen LogP contribution in [0.25, 0.3) is 32.9 Å². The van der Waals surface area contributed by atoms with E-state index in [4.69, 9.17) is 4.42 Å². The Labute approximate surface area is 195 Å².